The van der Waals surface area contributed by atoms with Gasteiger partial charge in [-0.3, -0.25) is 24.2 Å². The summed E-state index contributed by atoms with van der Waals surface area (Å²) < 4.78 is 0. The van der Waals surface area contributed by atoms with E-state index in [0.717, 1.165) is 0 Å². The number of aromatic hydroxyl groups is 1. The number of nitrogens with two attached hydrogens (primary N) is 1. The molecule has 11 nitrogen and oxygen atoms in total. The number of phenolic OH excluding ortho intramolecular Hbond substituents is 1. The number of phenols is 1. The molecule has 39 heavy (non-hydrogen) atoms. The van der Waals surface area contributed by atoms with Crippen LogP contribution >= 0.6 is 11.6 Å². The van der Waals surface area contributed by atoms with Crippen LogP contribution in [0.25, 0.3) is 5.76 Å². The third-order valence-electron chi connectivity index (χ3n) is 8.56. The molecule has 0 radical (unpaired) electrons. The van der Waals surface area contributed by atoms with Gasteiger partial charge < -0.3 is 31.3 Å². The second-order valence-corrected chi connectivity index (χ2v) is 11.9. The first-order chi connectivity index (χ1) is 18.0. The first-order valence-electron chi connectivity index (χ1n) is 12.5. The van der Waals surface area contributed by atoms with Crippen molar-refractivity contribution in [1.82, 2.24) is 9.80 Å². The number of fused-ring (bicyclic) bond motifs is 3. The normalized spacial score (nSPS) is 27.2. The molecule has 0 heterocycles. The Kier molecular flexibility index (Phi) is 7.15. The van der Waals surface area contributed by atoms with Crippen molar-refractivity contribution in [1.29, 1.82) is 0 Å². The molecular formula is C27H34ClN3O8. The molecule has 4 rings (SSSR count). The molecule has 1 aromatic carbocycles. The molecule has 1 saturated carbocycles. The molecule has 3 aliphatic carbocycles. The van der Waals surface area contributed by atoms with Crippen LogP contribution in [0.1, 0.15) is 37.0 Å². The highest BCUT2D eigenvalue weighted by Gasteiger charge is 2.64. The van der Waals surface area contributed by atoms with E-state index in [1.54, 1.807) is 21.1 Å². The number of nitrogens with zero attached hydrogens (tertiary/aromatic N) is 2. The maximum absolute atomic E-state index is 13.9. The number of carbonyl (C=O) groups excluding carboxylic acids is 3. The van der Waals surface area contributed by atoms with E-state index in [-0.39, 0.29) is 47.9 Å². The van der Waals surface area contributed by atoms with E-state index in [1.807, 2.05) is 18.7 Å². The first-order valence-corrected chi connectivity index (χ1v) is 12.9. The van der Waals surface area contributed by atoms with Crippen molar-refractivity contribution >= 4 is 34.8 Å². The SMILES string of the molecule is CN(C)[C@@H]1C(=O)C(C(N)=O)=C(O)[C@@]2(O)C(=O)C3=C(O)c4c(O)cc(CN(C)C(C)(C)CO)c(Cl)c4C[C@H]3C[C@@H]12. The highest BCUT2D eigenvalue weighted by Crippen LogP contribution is 2.53. The third-order valence-corrected chi connectivity index (χ3v) is 9.03. The summed E-state index contributed by atoms with van der Waals surface area (Å²) in [6.45, 7) is 3.83. The van der Waals surface area contributed by atoms with Gasteiger partial charge in [0, 0.05) is 28.6 Å². The number of Topliss-reactive ketones (excluding diaryl/α,β-unsaturated/α-hetero) is 2. The van der Waals surface area contributed by atoms with E-state index in [0.29, 0.717) is 11.1 Å². The number of ketones is 2. The lowest BCUT2D eigenvalue weighted by atomic mass is 9.57. The lowest BCUT2D eigenvalue weighted by molar-refractivity contribution is -0.153. The number of rotatable bonds is 6. The number of primary amides is 1. The van der Waals surface area contributed by atoms with E-state index < -0.39 is 63.6 Å². The molecule has 12 heteroatoms. The van der Waals surface area contributed by atoms with Crippen LogP contribution in [0.2, 0.25) is 5.02 Å². The minimum absolute atomic E-state index is 0.0233. The Morgan fingerprint density at radius 3 is 2.36 bits per heavy atom. The summed E-state index contributed by atoms with van der Waals surface area (Å²) in [6, 6.07) is 0.212. The Morgan fingerprint density at radius 1 is 1.21 bits per heavy atom. The summed E-state index contributed by atoms with van der Waals surface area (Å²) >= 11 is 6.78. The Hall–Kier alpha value is -2.96. The summed E-state index contributed by atoms with van der Waals surface area (Å²) in [7, 11) is 4.87. The van der Waals surface area contributed by atoms with Crippen LogP contribution in [-0.4, -0.2) is 97.7 Å². The predicted octanol–water partition coefficient (Wildman–Crippen LogP) is 0.820. The zero-order valence-corrected chi connectivity index (χ0v) is 23.2. The summed E-state index contributed by atoms with van der Waals surface area (Å²) in [5.41, 5.74) is 1.83. The Morgan fingerprint density at radius 2 is 1.82 bits per heavy atom. The van der Waals surface area contributed by atoms with Gasteiger partial charge in [-0.1, -0.05) is 11.6 Å². The summed E-state index contributed by atoms with van der Waals surface area (Å²) in [5, 5.41) is 54.7. The topological polar surface area (TPSA) is 185 Å². The van der Waals surface area contributed by atoms with Crippen LogP contribution in [-0.2, 0) is 27.3 Å². The molecule has 1 fully saturated rings. The molecule has 1 amide bonds. The minimum Gasteiger partial charge on any atom is -0.508 e. The van der Waals surface area contributed by atoms with Crippen LogP contribution in [0.3, 0.4) is 0 Å². The largest absolute Gasteiger partial charge is 0.508 e. The Labute approximate surface area is 230 Å². The van der Waals surface area contributed by atoms with E-state index >= 15 is 0 Å². The van der Waals surface area contributed by atoms with Crippen LogP contribution < -0.4 is 5.73 Å². The fraction of sp³-hybridized carbons (Fsp3) is 0.519. The molecule has 0 aromatic heterocycles. The van der Waals surface area contributed by atoms with E-state index in [9.17, 15) is 39.9 Å². The number of benzene rings is 1. The molecule has 212 valence electrons. The zero-order chi connectivity index (χ0) is 29.4. The molecule has 0 unspecified atom stereocenters. The van der Waals surface area contributed by atoms with Gasteiger partial charge in [0.2, 0.25) is 5.78 Å². The molecular weight excluding hydrogens is 530 g/mol. The van der Waals surface area contributed by atoms with Gasteiger partial charge in [0.05, 0.1) is 18.2 Å². The number of aliphatic hydroxyl groups excluding tert-OH is 3. The standard InChI is InChI=1S/C27H34ClN3O8/c1-26(2,10-32)31(5)9-12-8-15(33)17-13(19(12)28)6-11-7-14-20(30(3)4)22(35)18(25(29)38)24(37)27(14,39)23(36)16(11)21(17)34/h8,11,14,20,32-34,37,39H,6-7,9-10H2,1-5H3,(H2,29,38)/t11-,14-,20-,27-/m0/s1. The number of likely N-dealkylation sites (N-methyl/N-ethyl adjacent to an activating group) is 2. The minimum atomic E-state index is -2.69. The highest BCUT2D eigenvalue weighted by molar-refractivity contribution is 6.32. The summed E-state index contributed by atoms with van der Waals surface area (Å²) in [4.78, 5) is 42.4. The lowest BCUT2D eigenvalue weighted by Gasteiger charge is -2.50. The molecule has 0 spiro atoms. The third kappa shape index (κ3) is 4.15. The van der Waals surface area contributed by atoms with Gasteiger partial charge in [0.15, 0.2) is 11.4 Å². The van der Waals surface area contributed by atoms with Crippen molar-refractivity contribution in [3.8, 4) is 5.75 Å². The van der Waals surface area contributed by atoms with Crippen LogP contribution in [0, 0.1) is 11.8 Å². The van der Waals surface area contributed by atoms with Gasteiger partial charge >= 0.3 is 0 Å². The van der Waals surface area contributed by atoms with Gasteiger partial charge in [0.1, 0.15) is 22.8 Å². The molecule has 3 aliphatic rings. The average molecular weight is 564 g/mol. The molecule has 7 N–H and O–H groups in total. The van der Waals surface area contributed by atoms with Crippen LogP contribution in [0.4, 0.5) is 0 Å². The van der Waals surface area contributed by atoms with E-state index in [2.05, 4.69) is 0 Å². The number of aliphatic hydroxyl groups is 4. The highest BCUT2D eigenvalue weighted by atomic mass is 35.5. The molecule has 0 bridgehead atoms. The summed E-state index contributed by atoms with van der Waals surface area (Å²) in [5.74, 6) is -7.13. The monoisotopic (exact) mass is 563 g/mol. The second kappa shape index (κ2) is 9.60. The number of halogens is 1. The van der Waals surface area contributed by atoms with Crippen LogP contribution in [0.5, 0.6) is 5.75 Å². The molecule has 0 aliphatic heterocycles. The van der Waals surface area contributed by atoms with Gasteiger partial charge in [0.25, 0.3) is 5.91 Å². The summed E-state index contributed by atoms with van der Waals surface area (Å²) in [6.07, 6.45) is 0.0758. The predicted molar refractivity (Wildman–Crippen MR) is 142 cm³/mol. The van der Waals surface area contributed by atoms with E-state index in [1.165, 1.54) is 11.0 Å². The zero-order valence-electron chi connectivity index (χ0n) is 22.4. The van der Waals surface area contributed by atoms with Crippen molar-refractivity contribution < 1.29 is 39.9 Å². The first kappa shape index (κ1) is 29.0. The number of carbonyl (C=O) groups is 3. The average Bonchev–Trinajstić information content (AvgIpc) is 2.83. The van der Waals surface area contributed by atoms with Gasteiger partial charge in [-0.05, 0) is 70.9 Å². The van der Waals surface area contributed by atoms with Gasteiger partial charge in [-0.25, -0.2) is 0 Å². The van der Waals surface area contributed by atoms with Gasteiger partial charge in [-0.15, -0.1) is 0 Å². The number of hydrogen-bond acceptors (Lipinski definition) is 10. The van der Waals surface area contributed by atoms with Crippen molar-refractivity contribution in [3.63, 3.8) is 0 Å². The second-order valence-electron chi connectivity index (χ2n) is 11.5. The van der Waals surface area contributed by atoms with Crippen molar-refractivity contribution in [3.05, 3.63) is 44.7 Å². The van der Waals surface area contributed by atoms with Crippen molar-refractivity contribution in [2.24, 2.45) is 17.6 Å². The number of amides is 1. The van der Waals surface area contributed by atoms with Crippen molar-refractivity contribution in [2.75, 3.05) is 27.7 Å². The van der Waals surface area contributed by atoms with E-state index in [4.69, 9.17) is 17.3 Å². The maximum atomic E-state index is 13.9. The Bertz CT molecular complexity index is 1350. The number of hydrogen-bond donors (Lipinski definition) is 6. The maximum Gasteiger partial charge on any atom is 0.255 e. The smallest absolute Gasteiger partial charge is 0.255 e. The molecule has 0 saturated heterocycles. The molecule has 1 aromatic rings. The molecule has 4 atom stereocenters. The van der Waals surface area contributed by atoms with Crippen molar-refractivity contribution in [2.45, 2.75) is 50.4 Å². The quantitative estimate of drug-likeness (QED) is 0.271. The van der Waals surface area contributed by atoms with Crippen LogP contribution in [0.15, 0.2) is 23.0 Å². The lowest BCUT2D eigenvalue weighted by Crippen LogP contribution is -2.65. The fourth-order valence-corrected chi connectivity index (χ4v) is 6.34. The van der Waals surface area contributed by atoms with Gasteiger partial charge in [-0.2, -0.15) is 0 Å². The fourth-order valence-electron chi connectivity index (χ4n) is 6.05. The Balaban J connectivity index is 1.89.